The minimum atomic E-state index is 0.195. The number of benzene rings is 2. The summed E-state index contributed by atoms with van der Waals surface area (Å²) in [6, 6.07) is 19.3. The molecule has 2 N–H and O–H groups in total. The van der Waals surface area contributed by atoms with Crippen LogP contribution in [-0.2, 0) is 0 Å². The minimum Gasteiger partial charge on any atom is -0.363 e. The quantitative estimate of drug-likeness (QED) is 0.565. The molecule has 0 bridgehead atoms. The lowest BCUT2D eigenvalue weighted by molar-refractivity contribution is 0.695. The minimum absolute atomic E-state index is 0.195. The Kier molecular flexibility index (Phi) is 7.43. The maximum Gasteiger partial charge on any atom is 0.166 e. The monoisotopic (exact) mass is 344 g/mol. The van der Waals surface area contributed by atoms with E-state index in [0.29, 0.717) is 0 Å². The van der Waals surface area contributed by atoms with Crippen LogP contribution in [0.5, 0.6) is 0 Å². The van der Waals surface area contributed by atoms with E-state index in [2.05, 4.69) is 72.3 Å². The van der Waals surface area contributed by atoms with Crippen molar-refractivity contribution in [1.29, 1.82) is 0 Å². The summed E-state index contributed by atoms with van der Waals surface area (Å²) in [5.41, 5.74) is 3.71. The molecule has 122 valence electrons. The summed E-state index contributed by atoms with van der Waals surface area (Å²) < 4.78 is 0. The van der Waals surface area contributed by atoms with Gasteiger partial charge in [-0.25, -0.2) is 0 Å². The fourth-order valence-electron chi connectivity index (χ4n) is 2.34. The van der Waals surface area contributed by atoms with Crippen molar-refractivity contribution in [2.45, 2.75) is 19.4 Å². The Balaban J connectivity index is 1.87. The van der Waals surface area contributed by atoms with Gasteiger partial charge in [0, 0.05) is 6.54 Å². The highest BCUT2D eigenvalue weighted by Crippen LogP contribution is 2.21. The second kappa shape index (κ2) is 9.58. The van der Waals surface area contributed by atoms with Crippen molar-refractivity contribution in [3.05, 3.63) is 60.2 Å². The average Bonchev–Trinajstić information content (AvgIpc) is 2.59. The number of thioether (sulfide) groups is 1. The van der Waals surface area contributed by atoms with Crippen molar-refractivity contribution < 1.29 is 0 Å². The van der Waals surface area contributed by atoms with Gasteiger partial charge in [0.1, 0.15) is 0 Å². The van der Waals surface area contributed by atoms with Crippen LogP contribution >= 0.6 is 24.0 Å². The Bertz CT molecular complexity index is 597. The van der Waals surface area contributed by atoms with E-state index in [1.165, 1.54) is 16.7 Å². The molecule has 0 spiro atoms. The van der Waals surface area contributed by atoms with E-state index in [-0.39, 0.29) is 6.04 Å². The predicted molar refractivity (Wildman–Crippen MR) is 107 cm³/mol. The topological polar surface area (TPSA) is 24.1 Å². The van der Waals surface area contributed by atoms with Crippen LogP contribution in [0.2, 0.25) is 0 Å². The predicted octanol–water partition coefficient (Wildman–Crippen LogP) is 4.63. The number of hydrogen-bond acceptors (Lipinski definition) is 2. The van der Waals surface area contributed by atoms with E-state index in [9.17, 15) is 0 Å². The van der Waals surface area contributed by atoms with Gasteiger partial charge in [0.15, 0.2) is 5.11 Å². The second-order valence-electron chi connectivity index (χ2n) is 5.46. The van der Waals surface area contributed by atoms with Crippen molar-refractivity contribution in [2.24, 2.45) is 0 Å². The van der Waals surface area contributed by atoms with Crippen molar-refractivity contribution in [1.82, 2.24) is 10.6 Å². The fraction of sp³-hybridized carbons (Fsp3) is 0.316. The molecule has 23 heavy (non-hydrogen) atoms. The first-order valence-corrected chi connectivity index (χ1v) is 9.69. The summed E-state index contributed by atoms with van der Waals surface area (Å²) in [6.45, 7) is 3.06. The van der Waals surface area contributed by atoms with Crippen molar-refractivity contribution >= 4 is 29.1 Å². The van der Waals surface area contributed by atoms with Crippen molar-refractivity contribution in [3.8, 4) is 11.1 Å². The molecule has 0 heterocycles. The zero-order valence-electron chi connectivity index (χ0n) is 13.7. The van der Waals surface area contributed by atoms with E-state index < -0.39 is 0 Å². The maximum absolute atomic E-state index is 5.35. The fourth-order valence-corrected chi connectivity index (χ4v) is 3.06. The van der Waals surface area contributed by atoms with Crippen molar-refractivity contribution in [2.75, 3.05) is 18.6 Å². The Morgan fingerprint density at radius 2 is 1.70 bits per heavy atom. The number of rotatable bonds is 7. The summed E-state index contributed by atoms with van der Waals surface area (Å²) in [7, 11) is 0. The first-order chi connectivity index (χ1) is 11.2. The van der Waals surface area contributed by atoms with Gasteiger partial charge in [-0.2, -0.15) is 11.8 Å². The largest absolute Gasteiger partial charge is 0.363 e. The van der Waals surface area contributed by atoms with Crippen LogP contribution in [0.25, 0.3) is 11.1 Å². The highest BCUT2D eigenvalue weighted by atomic mass is 32.2. The first kappa shape index (κ1) is 17.8. The van der Waals surface area contributed by atoms with Gasteiger partial charge in [-0.05, 0) is 54.3 Å². The average molecular weight is 345 g/mol. The Labute approximate surface area is 149 Å². The molecule has 0 fully saturated rings. The van der Waals surface area contributed by atoms with E-state index >= 15 is 0 Å². The van der Waals surface area contributed by atoms with Crippen LogP contribution in [0, 0.1) is 0 Å². The van der Waals surface area contributed by atoms with Crippen LogP contribution in [0.3, 0.4) is 0 Å². The van der Waals surface area contributed by atoms with Gasteiger partial charge < -0.3 is 10.6 Å². The third-order valence-electron chi connectivity index (χ3n) is 3.68. The summed E-state index contributed by atoms with van der Waals surface area (Å²) in [6.07, 6.45) is 3.25. The highest BCUT2D eigenvalue weighted by molar-refractivity contribution is 7.98. The number of nitrogens with one attached hydrogen (secondary N) is 2. The molecule has 1 atom stereocenters. The molecule has 0 radical (unpaired) electrons. The zero-order valence-corrected chi connectivity index (χ0v) is 15.3. The van der Waals surface area contributed by atoms with Gasteiger partial charge in [0.05, 0.1) is 6.04 Å². The second-order valence-corrected chi connectivity index (χ2v) is 6.85. The zero-order chi connectivity index (χ0) is 16.5. The molecule has 0 aliphatic carbocycles. The molecule has 0 saturated carbocycles. The lowest BCUT2D eigenvalue weighted by Crippen LogP contribution is -2.37. The summed E-state index contributed by atoms with van der Waals surface area (Å²) in [5, 5.41) is 7.34. The molecule has 2 rings (SSSR count). The third-order valence-corrected chi connectivity index (χ3v) is 4.64. The van der Waals surface area contributed by atoms with Crippen LogP contribution in [0.15, 0.2) is 54.6 Å². The van der Waals surface area contributed by atoms with Crippen LogP contribution in [0.1, 0.15) is 24.9 Å². The smallest absolute Gasteiger partial charge is 0.166 e. The molecule has 2 aromatic carbocycles. The standard InChI is InChI=1S/C19H24N2S2/c1-15(21-19(22)20-13-6-14-23-2)16-9-11-18(12-10-16)17-7-4-3-5-8-17/h3-5,7-12,15H,6,13-14H2,1-2H3,(H2,20,21,22)/t15-/m1/s1. The van der Waals surface area contributed by atoms with Crippen LogP contribution in [-0.4, -0.2) is 23.7 Å². The van der Waals surface area contributed by atoms with E-state index in [1.807, 2.05) is 17.8 Å². The summed E-state index contributed by atoms with van der Waals surface area (Å²) in [4.78, 5) is 0. The van der Waals surface area contributed by atoms with Gasteiger partial charge in [-0.15, -0.1) is 0 Å². The summed E-state index contributed by atoms with van der Waals surface area (Å²) >= 11 is 7.21. The first-order valence-electron chi connectivity index (χ1n) is 7.89. The van der Waals surface area contributed by atoms with Gasteiger partial charge in [-0.1, -0.05) is 54.6 Å². The molecule has 2 aromatic rings. The van der Waals surface area contributed by atoms with E-state index in [0.717, 1.165) is 23.8 Å². The molecule has 4 heteroatoms. The molecule has 2 nitrogen and oxygen atoms in total. The van der Waals surface area contributed by atoms with Gasteiger partial charge in [0.2, 0.25) is 0 Å². The number of thiocarbonyl (C=S) groups is 1. The molecule has 0 unspecified atom stereocenters. The van der Waals surface area contributed by atoms with Gasteiger partial charge >= 0.3 is 0 Å². The van der Waals surface area contributed by atoms with Gasteiger partial charge in [0.25, 0.3) is 0 Å². The van der Waals surface area contributed by atoms with Crippen molar-refractivity contribution in [3.63, 3.8) is 0 Å². The SMILES string of the molecule is CSCCCNC(=S)N[C@H](C)c1ccc(-c2ccccc2)cc1. The maximum atomic E-state index is 5.35. The van der Waals surface area contributed by atoms with E-state index in [4.69, 9.17) is 12.2 Å². The Hall–Kier alpha value is -1.52. The molecule has 0 amide bonds. The lowest BCUT2D eigenvalue weighted by atomic mass is 10.0. The summed E-state index contributed by atoms with van der Waals surface area (Å²) in [5.74, 6) is 1.16. The molecular weight excluding hydrogens is 320 g/mol. The molecule has 0 aromatic heterocycles. The third kappa shape index (κ3) is 5.88. The van der Waals surface area contributed by atoms with Crippen LogP contribution in [0.4, 0.5) is 0 Å². The van der Waals surface area contributed by atoms with Crippen LogP contribution < -0.4 is 10.6 Å². The van der Waals surface area contributed by atoms with Gasteiger partial charge in [-0.3, -0.25) is 0 Å². The lowest BCUT2D eigenvalue weighted by Gasteiger charge is -2.17. The molecular formula is C19H24N2S2. The highest BCUT2D eigenvalue weighted by Gasteiger charge is 2.07. The normalized spacial score (nSPS) is 11.7. The van der Waals surface area contributed by atoms with E-state index in [1.54, 1.807) is 0 Å². The number of hydrogen-bond donors (Lipinski definition) is 2. The Morgan fingerprint density at radius 3 is 2.35 bits per heavy atom. The molecule has 0 aliphatic heterocycles. The molecule has 0 saturated heterocycles. The Morgan fingerprint density at radius 1 is 1.04 bits per heavy atom. The molecule has 0 aliphatic rings.